The number of halogens is 3. The van der Waals surface area contributed by atoms with E-state index in [0.29, 0.717) is 17.9 Å². The largest absolute Gasteiger partial charge is 0.573 e. The number of nitrogens with one attached hydrogen (secondary N) is 2. The van der Waals surface area contributed by atoms with Crippen molar-refractivity contribution in [1.29, 1.82) is 0 Å². The van der Waals surface area contributed by atoms with Crippen molar-refractivity contribution in [1.82, 2.24) is 10.6 Å². The van der Waals surface area contributed by atoms with Crippen LogP contribution in [0.1, 0.15) is 80.0 Å². The molecule has 0 spiro atoms. The average molecular weight is 561 g/mol. The van der Waals surface area contributed by atoms with Gasteiger partial charge >= 0.3 is 6.36 Å². The Morgan fingerprint density at radius 1 is 0.927 bits per heavy atom. The van der Waals surface area contributed by atoms with Crippen LogP contribution in [0.4, 0.5) is 13.2 Å². The van der Waals surface area contributed by atoms with E-state index in [-0.39, 0.29) is 5.75 Å². The Balaban J connectivity index is 0.000000283. The summed E-state index contributed by atoms with van der Waals surface area (Å²) in [6.07, 6.45) is 18.2. The minimum absolute atomic E-state index is 0.133. The molecular formula is C35H39F3N2O. The van der Waals surface area contributed by atoms with Gasteiger partial charge in [-0.15, -0.1) is 13.2 Å². The molecule has 8 rings (SSSR count). The molecule has 1 saturated heterocycles. The van der Waals surface area contributed by atoms with Gasteiger partial charge < -0.3 is 15.4 Å². The molecule has 0 saturated carbocycles. The molecule has 3 unspecified atom stereocenters. The number of ether oxygens (including phenoxy) is 1. The summed E-state index contributed by atoms with van der Waals surface area (Å²) in [6.45, 7) is 3.30. The number of hydrogen-bond acceptors (Lipinski definition) is 3. The van der Waals surface area contributed by atoms with Gasteiger partial charge in [-0.05, 0) is 146 Å². The zero-order valence-electron chi connectivity index (χ0n) is 23.7. The smallest absolute Gasteiger partial charge is 0.406 e. The Labute approximate surface area is 241 Å². The van der Waals surface area contributed by atoms with Gasteiger partial charge in [0.1, 0.15) is 5.75 Å². The fourth-order valence-electron chi connectivity index (χ4n) is 6.93. The molecule has 3 nitrogen and oxygen atoms in total. The van der Waals surface area contributed by atoms with E-state index in [4.69, 9.17) is 0 Å². The molecule has 6 aliphatic rings. The Kier molecular flexibility index (Phi) is 8.12. The van der Waals surface area contributed by atoms with Crippen LogP contribution in [0.3, 0.4) is 0 Å². The van der Waals surface area contributed by atoms with Crippen LogP contribution in [0.5, 0.6) is 5.75 Å². The summed E-state index contributed by atoms with van der Waals surface area (Å²) < 4.78 is 42.9. The molecule has 3 aliphatic heterocycles. The zero-order valence-corrected chi connectivity index (χ0v) is 23.7. The second kappa shape index (κ2) is 11.9. The Morgan fingerprint density at radius 3 is 2.61 bits per heavy atom. The second-order valence-electron chi connectivity index (χ2n) is 12.0. The van der Waals surface area contributed by atoms with Gasteiger partial charge in [-0.1, -0.05) is 36.4 Å². The summed E-state index contributed by atoms with van der Waals surface area (Å²) in [5.74, 6) is 0.872. The van der Waals surface area contributed by atoms with Crippen LogP contribution < -0.4 is 15.4 Å². The lowest BCUT2D eigenvalue weighted by molar-refractivity contribution is -0.274. The second-order valence-corrected chi connectivity index (χ2v) is 12.0. The molecule has 2 N–H and O–H groups in total. The molecule has 0 amide bonds. The van der Waals surface area contributed by atoms with Crippen LogP contribution in [0, 0.1) is 5.92 Å². The van der Waals surface area contributed by atoms with Crippen LogP contribution >= 0.6 is 0 Å². The SMILES string of the molecule is C1=CC2=CC=C(CC2)N1.CC1CCC(CCC2Cc3c(ccc4c3CCC=C4)-c3cc(OC(F)(F)F)ccc32)CN1. The number of benzene rings is 2. The van der Waals surface area contributed by atoms with Crippen molar-refractivity contribution in [2.45, 2.75) is 83.0 Å². The summed E-state index contributed by atoms with van der Waals surface area (Å²) in [4.78, 5) is 0. The van der Waals surface area contributed by atoms with Gasteiger partial charge in [-0.25, -0.2) is 0 Å². The van der Waals surface area contributed by atoms with Crippen LogP contribution in [0.25, 0.3) is 17.2 Å². The number of alkyl halides is 3. The first-order valence-corrected chi connectivity index (χ1v) is 15.1. The third kappa shape index (κ3) is 6.64. The highest BCUT2D eigenvalue weighted by Crippen LogP contribution is 2.46. The Bertz CT molecular complexity index is 1390. The maximum atomic E-state index is 12.9. The first kappa shape index (κ1) is 27.9. The fraction of sp³-hybridized carbons (Fsp3) is 0.429. The van der Waals surface area contributed by atoms with Crippen molar-refractivity contribution in [2.24, 2.45) is 5.92 Å². The average Bonchev–Trinajstić information content (AvgIpc) is 3.34. The minimum Gasteiger partial charge on any atom is -0.406 e. The van der Waals surface area contributed by atoms with E-state index in [1.54, 1.807) is 6.07 Å². The number of piperidine rings is 1. The van der Waals surface area contributed by atoms with Gasteiger partial charge in [0.15, 0.2) is 0 Å². The molecule has 1 fully saturated rings. The van der Waals surface area contributed by atoms with Crippen LogP contribution in [0.2, 0.25) is 0 Å². The van der Waals surface area contributed by atoms with E-state index >= 15 is 0 Å². The number of fused-ring (bicyclic) bond motifs is 8. The van der Waals surface area contributed by atoms with Gasteiger partial charge in [0.05, 0.1) is 0 Å². The normalized spacial score (nSPS) is 24.0. The molecule has 2 aromatic rings. The summed E-state index contributed by atoms with van der Waals surface area (Å²) >= 11 is 0. The van der Waals surface area contributed by atoms with E-state index in [9.17, 15) is 13.2 Å². The van der Waals surface area contributed by atoms with E-state index in [2.05, 4.69) is 64.8 Å². The highest BCUT2D eigenvalue weighted by Gasteiger charge is 2.33. The third-order valence-electron chi connectivity index (χ3n) is 9.20. The Hall–Kier alpha value is -3.25. The molecule has 3 aliphatic carbocycles. The number of hydrogen-bond donors (Lipinski definition) is 2. The van der Waals surface area contributed by atoms with E-state index in [0.717, 1.165) is 55.3 Å². The molecule has 2 aromatic carbocycles. The monoisotopic (exact) mass is 560 g/mol. The summed E-state index contributed by atoms with van der Waals surface area (Å²) in [7, 11) is 0. The lowest BCUT2D eigenvalue weighted by Gasteiger charge is -2.33. The summed E-state index contributed by atoms with van der Waals surface area (Å²) in [5.41, 5.74) is 9.87. The van der Waals surface area contributed by atoms with Crippen molar-refractivity contribution in [3.8, 4) is 16.9 Å². The van der Waals surface area contributed by atoms with Gasteiger partial charge in [0.2, 0.25) is 0 Å². The van der Waals surface area contributed by atoms with Crippen molar-refractivity contribution in [2.75, 3.05) is 6.54 Å². The summed E-state index contributed by atoms with van der Waals surface area (Å²) in [5, 5.41) is 6.80. The van der Waals surface area contributed by atoms with Crippen molar-refractivity contribution in [3.05, 3.63) is 94.4 Å². The Morgan fingerprint density at radius 2 is 1.83 bits per heavy atom. The standard InChI is InChI=1S/C27H30F3NO.C8H9N/c1-17-6-7-18(16-31-17)8-9-20-14-25-22-5-3-2-4-19(22)10-12-24(25)26-15-21(11-13-23(20)26)32-27(28,29)30;1-3-8-4-2-7(1)5-6-9-8/h2,4,10-13,15,17-18,20,31H,3,5-9,14,16H2,1H3;1,3,5-6,9H,2,4H2. The predicted octanol–water partition coefficient (Wildman–Crippen LogP) is 8.73. The molecule has 0 aromatic heterocycles. The van der Waals surface area contributed by atoms with Crippen molar-refractivity contribution < 1.29 is 17.9 Å². The highest BCUT2D eigenvalue weighted by molar-refractivity contribution is 5.79. The molecule has 0 radical (unpaired) electrons. The molecule has 3 heterocycles. The van der Waals surface area contributed by atoms with Crippen LogP contribution in [-0.4, -0.2) is 18.9 Å². The van der Waals surface area contributed by atoms with Crippen LogP contribution in [-0.2, 0) is 12.8 Å². The lowest BCUT2D eigenvalue weighted by Crippen LogP contribution is -2.36. The highest BCUT2D eigenvalue weighted by atomic mass is 19.4. The topological polar surface area (TPSA) is 33.3 Å². The number of rotatable bonds is 4. The van der Waals surface area contributed by atoms with Gasteiger partial charge in [0.25, 0.3) is 0 Å². The van der Waals surface area contributed by atoms with E-state index in [1.165, 1.54) is 59.7 Å². The first-order valence-electron chi connectivity index (χ1n) is 15.1. The molecule has 6 heteroatoms. The summed E-state index contributed by atoms with van der Waals surface area (Å²) in [6, 6.07) is 9.74. The van der Waals surface area contributed by atoms with Gasteiger partial charge in [-0.2, -0.15) is 0 Å². The fourth-order valence-corrected chi connectivity index (χ4v) is 6.93. The third-order valence-corrected chi connectivity index (χ3v) is 9.20. The van der Waals surface area contributed by atoms with Crippen molar-refractivity contribution >= 4 is 6.08 Å². The molecule has 41 heavy (non-hydrogen) atoms. The van der Waals surface area contributed by atoms with E-state index < -0.39 is 6.36 Å². The maximum Gasteiger partial charge on any atom is 0.573 e. The molecular weight excluding hydrogens is 521 g/mol. The van der Waals surface area contributed by atoms with Gasteiger partial charge in [0, 0.05) is 17.9 Å². The van der Waals surface area contributed by atoms with E-state index in [1.807, 2.05) is 12.3 Å². The maximum absolute atomic E-state index is 12.9. The number of allylic oxidation sites excluding steroid dienone is 6. The predicted molar refractivity (Wildman–Crippen MR) is 159 cm³/mol. The minimum atomic E-state index is -4.68. The van der Waals surface area contributed by atoms with Crippen LogP contribution in [0.15, 0.2) is 72.1 Å². The van der Waals surface area contributed by atoms with Crippen molar-refractivity contribution in [3.63, 3.8) is 0 Å². The lowest BCUT2D eigenvalue weighted by atomic mass is 9.72. The quantitative estimate of drug-likeness (QED) is 0.392. The first-order chi connectivity index (χ1) is 19.8. The zero-order chi connectivity index (χ0) is 28.4. The molecule has 216 valence electrons. The molecule has 3 atom stereocenters. The van der Waals surface area contributed by atoms with Gasteiger partial charge in [-0.3, -0.25) is 0 Å². The molecule has 2 bridgehead atoms.